The van der Waals surface area contributed by atoms with Crippen LogP contribution in [0.3, 0.4) is 0 Å². The number of ether oxygens (including phenoxy) is 1. The zero-order valence-electron chi connectivity index (χ0n) is 11.3. The number of aromatic nitrogens is 1. The highest BCUT2D eigenvalue weighted by Crippen LogP contribution is 2.13. The van der Waals surface area contributed by atoms with Crippen LogP contribution >= 0.6 is 0 Å². The summed E-state index contributed by atoms with van der Waals surface area (Å²) in [7, 11) is 0. The first-order chi connectivity index (χ1) is 8.29. The minimum Gasteiger partial charge on any atom is -0.459 e. The van der Waals surface area contributed by atoms with Crippen molar-refractivity contribution >= 4 is 11.8 Å². The number of rotatable bonds is 4. The van der Waals surface area contributed by atoms with Gasteiger partial charge in [-0.05, 0) is 45.4 Å². The lowest BCUT2D eigenvalue weighted by Gasteiger charge is -2.21. The Bertz CT molecular complexity index is 420. The largest absolute Gasteiger partial charge is 0.459 e. The smallest absolute Gasteiger partial charge is 0.316 e. The molecule has 18 heavy (non-hydrogen) atoms. The monoisotopic (exact) mass is 249 g/mol. The lowest BCUT2D eigenvalue weighted by Crippen LogP contribution is -2.31. The Kier molecular flexibility index (Phi) is 4.59. The van der Waals surface area contributed by atoms with Gasteiger partial charge in [0.2, 0.25) is 0 Å². The van der Waals surface area contributed by atoms with Crippen molar-refractivity contribution < 1.29 is 14.3 Å². The highest BCUT2D eigenvalue weighted by atomic mass is 16.6. The SMILES string of the molecule is CC(C(=O)Cc1ccncc1)C(=O)OC(C)(C)C. The van der Waals surface area contributed by atoms with Gasteiger partial charge >= 0.3 is 5.97 Å². The van der Waals surface area contributed by atoms with Crippen LogP contribution in [0.5, 0.6) is 0 Å². The molecule has 1 rings (SSSR count). The Morgan fingerprint density at radius 2 is 1.83 bits per heavy atom. The van der Waals surface area contributed by atoms with Gasteiger partial charge in [0.05, 0.1) is 0 Å². The van der Waals surface area contributed by atoms with Gasteiger partial charge in [-0.3, -0.25) is 14.6 Å². The Labute approximate surface area is 107 Å². The van der Waals surface area contributed by atoms with Crippen molar-refractivity contribution in [2.45, 2.75) is 39.7 Å². The number of carbonyl (C=O) groups is 2. The van der Waals surface area contributed by atoms with E-state index in [0.717, 1.165) is 5.56 Å². The molecule has 0 spiro atoms. The first-order valence-electron chi connectivity index (χ1n) is 5.94. The summed E-state index contributed by atoms with van der Waals surface area (Å²) < 4.78 is 5.19. The Morgan fingerprint density at radius 3 is 2.33 bits per heavy atom. The van der Waals surface area contributed by atoms with Gasteiger partial charge in [-0.25, -0.2) is 0 Å². The molecular weight excluding hydrogens is 230 g/mol. The predicted octanol–water partition coefficient (Wildman–Crippen LogP) is 2.17. The second kappa shape index (κ2) is 5.76. The molecule has 1 atom stereocenters. The van der Waals surface area contributed by atoms with Gasteiger partial charge in [-0.15, -0.1) is 0 Å². The average Bonchev–Trinajstić information content (AvgIpc) is 2.27. The number of ketones is 1. The molecule has 0 amide bonds. The number of hydrogen-bond donors (Lipinski definition) is 0. The molecule has 0 fully saturated rings. The van der Waals surface area contributed by atoms with Crippen molar-refractivity contribution in [2.75, 3.05) is 0 Å². The van der Waals surface area contributed by atoms with Crippen LogP contribution in [0.1, 0.15) is 33.3 Å². The highest BCUT2D eigenvalue weighted by molar-refractivity contribution is 5.99. The molecule has 4 heteroatoms. The van der Waals surface area contributed by atoms with Crippen molar-refractivity contribution in [3.8, 4) is 0 Å². The number of hydrogen-bond acceptors (Lipinski definition) is 4. The Balaban J connectivity index is 2.59. The first-order valence-corrected chi connectivity index (χ1v) is 5.94. The van der Waals surface area contributed by atoms with Gasteiger partial charge in [0.15, 0.2) is 5.78 Å². The van der Waals surface area contributed by atoms with Gasteiger partial charge in [-0.1, -0.05) is 0 Å². The third kappa shape index (κ3) is 4.65. The van der Waals surface area contributed by atoms with E-state index in [2.05, 4.69) is 4.98 Å². The van der Waals surface area contributed by atoms with Crippen molar-refractivity contribution in [2.24, 2.45) is 5.92 Å². The van der Waals surface area contributed by atoms with Crippen molar-refractivity contribution in [1.82, 2.24) is 4.98 Å². The Hall–Kier alpha value is -1.71. The molecule has 98 valence electrons. The maximum atomic E-state index is 11.9. The topological polar surface area (TPSA) is 56.3 Å². The molecule has 0 radical (unpaired) electrons. The van der Waals surface area contributed by atoms with Crippen molar-refractivity contribution in [1.29, 1.82) is 0 Å². The molecular formula is C14H19NO3. The van der Waals surface area contributed by atoms with Crippen LogP contribution in [0.2, 0.25) is 0 Å². The van der Waals surface area contributed by atoms with E-state index in [1.54, 1.807) is 52.2 Å². The average molecular weight is 249 g/mol. The van der Waals surface area contributed by atoms with E-state index in [0.29, 0.717) is 0 Å². The van der Waals surface area contributed by atoms with E-state index in [1.165, 1.54) is 0 Å². The molecule has 0 aliphatic carbocycles. The predicted molar refractivity (Wildman–Crippen MR) is 68.0 cm³/mol. The van der Waals surface area contributed by atoms with E-state index >= 15 is 0 Å². The molecule has 0 bridgehead atoms. The van der Waals surface area contributed by atoms with E-state index < -0.39 is 17.5 Å². The van der Waals surface area contributed by atoms with E-state index in [1.807, 2.05) is 0 Å². The molecule has 1 aromatic rings. The molecule has 0 N–H and O–H groups in total. The zero-order chi connectivity index (χ0) is 13.8. The normalized spacial score (nSPS) is 12.9. The van der Waals surface area contributed by atoms with Crippen LogP contribution in [0.25, 0.3) is 0 Å². The highest BCUT2D eigenvalue weighted by Gasteiger charge is 2.26. The summed E-state index contributed by atoms with van der Waals surface area (Å²) >= 11 is 0. The lowest BCUT2D eigenvalue weighted by molar-refractivity contribution is -0.161. The molecule has 1 heterocycles. The lowest BCUT2D eigenvalue weighted by atomic mass is 10.00. The van der Waals surface area contributed by atoms with Crippen LogP contribution in [-0.2, 0) is 20.7 Å². The van der Waals surface area contributed by atoms with Crippen LogP contribution < -0.4 is 0 Å². The number of Topliss-reactive ketones (excluding diaryl/α,β-unsaturated/α-hetero) is 1. The Morgan fingerprint density at radius 1 is 1.28 bits per heavy atom. The van der Waals surface area contributed by atoms with Gasteiger partial charge in [0.25, 0.3) is 0 Å². The maximum Gasteiger partial charge on any atom is 0.316 e. The van der Waals surface area contributed by atoms with Crippen molar-refractivity contribution in [3.63, 3.8) is 0 Å². The fraction of sp³-hybridized carbons (Fsp3) is 0.500. The van der Waals surface area contributed by atoms with Crippen LogP contribution in [0, 0.1) is 5.92 Å². The van der Waals surface area contributed by atoms with E-state index in [9.17, 15) is 9.59 Å². The number of pyridine rings is 1. The number of carbonyl (C=O) groups excluding carboxylic acids is 2. The summed E-state index contributed by atoms with van der Waals surface area (Å²) in [5.74, 6) is -1.35. The number of nitrogens with zero attached hydrogens (tertiary/aromatic N) is 1. The fourth-order valence-corrected chi connectivity index (χ4v) is 1.38. The molecule has 4 nitrogen and oxygen atoms in total. The molecule has 0 aromatic carbocycles. The second-order valence-electron chi connectivity index (χ2n) is 5.25. The maximum absolute atomic E-state index is 11.9. The number of esters is 1. The molecule has 0 aliphatic rings. The zero-order valence-corrected chi connectivity index (χ0v) is 11.3. The molecule has 0 saturated carbocycles. The fourth-order valence-electron chi connectivity index (χ4n) is 1.38. The summed E-state index contributed by atoms with van der Waals surface area (Å²) in [6.07, 6.45) is 3.48. The van der Waals surface area contributed by atoms with Crippen LogP contribution in [-0.4, -0.2) is 22.3 Å². The van der Waals surface area contributed by atoms with E-state index in [-0.39, 0.29) is 12.2 Å². The molecule has 1 aromatic heterocycles. The summed E-state index contributed by atoms with van der Waals surface area (Å²) in [4.78, 5) is 27.5. The summed E-state index contributed by atoms with van der Waals surface area (Å²) in [6, 6.07) is 3.53. The molecule has 0 saturated heterocycles. The third-order valence-electron chi connectivity index (χ3n) is 2.37. The first kappa shape index (κ1) is 14.4. The minimum absolute atomic E-state index is 0.143. The minimum atomic E-state index is -0.739. The third-order valence-corrected chi connectivity index (χ3v) is 2.37. The summed E-state index contributed by atoms with van der Waals surface area (Å²) in [6.45, 7) is 6.93. The quantitative estimate of drug-likeness (QED) is 0.606. The van der Waals surface area contributed by atoms with Gasteiger partial charge < -0.3 is 4.74 Å². The van der Waals surface area contributed by atoms with Gasteiger partial charge in [0, 0.05) is 18.8 Å². The van der Waals surface area contributed by atoms with Gasteiger partial charge in [-0.2, -0.15) is 0 Å². The summed E-state index contributed by atoms with van der Waals surface area (Å²) in [5.41, 5.74) is 0.285. The van der Waals surface area contributed by atoms with Crippen molar-refractivity contribution in [3.05, 3.63) is 30.1 Å². The molecule has 0 aliphatic heterocycles. The standard InChI is InChI=1S/C14H19NO3/c1-10(13(17)18-14(2,3)4)12(16)9-11-5-7-15-8-6-11/h5-8,10H,9H2,1-4H3. The molecule has 1 unspecified atom stereocenters. The van der Waals surface area contributed by atoms with Gasteiger partial charge in [0.1, 0.15) is 11.5 Å². The summed E-state index contributed by atoms with van der Waals surface area (Å²) in [5, 5.41) is 0. The van der Waals surface area contributed by atoms with Crippen LogP contribution in [0.4, 0.5) is 0 Å². The van der Waals surface area contributed by atoms with E-state index in [4.69, 9.17) is 4.74 Å². The van der Waals surface area contributed by atoms with Crippen LogP contribution in [0.15, 0.2) is 24.5 Å². The second-order valence-corrected chi connectivity index (χ2v) is 5.25.